The molecule has 0 unspecified atom stereocenters. The molecule has 2 rings (SSSR count). The van der Waals surface area contributed by atoms with Gasteiger partial charge in [0.2, 0.25) is 5.91 Å². The van der Waals surface area contributed by atoms with Crippen molar-refractivity contribution in [1.29, 1.82) is 0 Å². The molecule has 6 nitrogen and oxygen atoms in total. The largest absolute Gasteiger partial charge is 0.493 e. The zero-order valence-corrected chi connectivity index (χ0v) is 16.8. The van der Waals surface area contributed by atoms with Crippen LogP contribution in [-0.2, 0) is 15.3 Å². The third-order valence-corrected chi connectivity index (χ3v) is 4.83. The van der Waals surface area contributed by atoms with Gasteiger partial charge in [-0.1, -0.05) is 23.7 Å². The molecule has 0 aliphatic carbocycles. The van der Waals surface area contributed by atoms with Gasteiger partial charge in [0.25, 0.3) is 0 Å². The lowest BCUT2D eigenvalue weighted by Gasteiger charge is -2.14. The summed E-state index contributed by atoms with van der Waals surface area (Å²) in [5.74, 6) is 0.779. The number of amides is 1. The molecule has 8 heteroatoms. The Morgan fingerprint density at radius 1 is 1.07 bits per heavy atom. The average Bonchev–Trinajstić information content (AvgIpc) is 2.67. The van der Waals surface area contributed by atoms with E-state index in [0.29, 0.717) is 28.0 Å². The van der Waals surface area contributed by atoms with Crippen LogP contribution in [0.25, 0.3) is 0 Å². The highest BCUT2D eigenvalue weighted by Gasteiger charge is 2.19. The molecule has 2 aromatic rings. The summed E-state index contributed by atoms with van der Waals surface area (Å²) in [6.07, 6.45) is 0. The number of esters is 1. The molecule has 0 bridgehead atoms. The SMILES string of the molecule is COC(=O)c1cc(OC)c(OC)cc1NC(=O)CSCc1cccc(Cl)c1. The third kappa shape index (κ3) is 5.80. The molecule has 27 heavy (non-hydrogen) atoms. The predicted molar refractivity (Wildman–Crippen MR) is 107 cm³/mol. The van der Waals surface area contributed by atoms with Gasteiger partial charge in [-0.25, -0.2) is 4.79 Å². The van der Waals surface area contributed by atoms with Crippen molar-refractivity contribution >= 4 is 40.9 Å². The van der Waals surface area contributed by atoms with Gasteiger partial charge >= 0.3 is 5.97 Å². The second kappa shape index (κ2) is 10.1. The number of ether oxygens (including phenoxy) is 3. The van der Waals surface area contributed by atoms with Gasteiger partial charge in [0.1, 0.15) is 0 Å². The van der Waals surface area contributed by atoms with Crippen LogP contribution in [0.4, 0.5) is 5.69 Å². The van der Waals surface area contributed by atoms with E-state index >= 15 is 0 Å². The normalized spacial score (nSPS) is 10.2. The van der Waals surface area contributed by atoms with Crippen LogP contribution < -0.4 is 14.8 Å². The molecule has 0 fully saturated rings. The Hall–Kier alpha value is -2.38. The second-order valence-electron chi connectivity index (χ2n) is 5.42. The van der Waals surface area contributed by atoms with Crippen molar-refractivity contribution in [3.63, 3.8) is 0 Å². The number of methoxy groups -OCH3 is 3. The van der Waals surface area contributed by atoms with Gasteiger partial charge < -0.3 is 19.5 Å². The molecular weight excluding hydrogens is 390 g/mol. The van der Waals surface area contributed by atoms with Gasteiger partial charge in [-0.05, 0) is 17.7 Å². The first kappa shape index (κ1) is 20.9. The highest BCUT2D eigenvalue weighted by molar-refractivity contribution is 7.99. The third-order valence-electron chi connectivity index (χ3n) is 3.59. The fourth-order valence-electron chi connectivity index (χ4n) is 2.34. The number of hydrogen-bond acceptors (Lipinski definition) is 6. The van der Waals surface area contributed by atoms with Crippen LogP contribution in [0.15, 0.2) is 36.4 Å². The van der Waals surface area contributed by atoms with Gasteiger partial charge in [-0.15, -0.1) is 11.8 Å². The minimum absolute atomic E-state index is 0.184. The standard InChI is InChI=1S/C19H20ClNO5S/c1-24-16-8-14(19(23)26-3)15(9-17(16)25-2)21-18(22)11-27-10-12-5-4-6-13(20)7-12/h4-9H,10-11H2,1-3H3,(H,21,22). The lowest BCUT2D eigenvalue weighted by atomic mass is 10.1. The van der Waals surface area contributed by atoms with Gasteiger partial charge in [0.05, 0.1) is 38.3 Å². The van der Waals surface area contributed by atoms with Crippen molar-refractivity contribution in [2.75, 3.05) is 32.4 Å². The van der Waals surface area contributed by atoms with Crippen LogP contribution in [0, 0.1) is 0 Å². The highest BCUT2D eigenvalue weighted by atomic mass is 35.5. The van der Waals surface area contributed by atoms with Crippen molar-refractivity contribution in [1.82, 2.24) is 0 Å². The molecule has 0 heterocycles. The van der Waals surface area contributed by atoms with Crippen LogP contribution >= 0.6 is 23.4 Å². The predicted octanol–water partition coefficient (Wildman–Crippen LogP) is 4.02. The van der Waals surface area contributed by atoms with E-state index in [1.54, 1.807) is 6.07 Å². The van der Waals surface area contributed by atoms with Crippen LogP contribution in [0.5, 0.6) is 11.5 Å². The van der Waals surface area contributed by atoms with E-state index in [2.05, 4.69) is 5.32 Å². The lowest BCUT2D eigenvalue weighted by molar-refractivity contribution is -0.113. The molecule has 0 saturated heterocycles. The zero-order chi connectivity index (χ0) is 19.8. The van der Waals surface area contributed by atoms with Crippen molar-refractivity contribution in [3.05, 3.63) is 52.5 Å². The van der Waals surface area contributed by atoms with Crippen molar-refractivity contribution < 1.29 is 23.8 Å². The molecule has 0 radical (unpaired) electrons. The summed E-state index contributed by atoms with van der Waals surface area (Å²) in [5, 5.41) is 3.39. The van der Waals surface area contributed by atoms with Gasteiger partial charge in [0, 0.05) is 22.9 Å². The first-order valence-electron chi connectivity index (χ1n) is 7.94. The Labute approximate surface area is 167 Å². The van der Waals surface area contributed by atoms with Crippen LogP contribution in [-0.4, -0.2) is 39.0 Å². The Morgan fingerprint density at radius 2 is 1.78 bits per heavy atom. The first-order valence-corrected chi connectivity index (χ1v) is 9.48. The smallest absolute Gasteiger partial charge is 0.340 e. The van der Waals surface area contributed by atoms with E-state index in [0.717, 1.165) is 5.56 Å². The van der Waals surface area contributed by atoms with E-state index in [-0.39, 0.29) is 17.2 Å². The Bertz CT molecular complexity index is 828. The number of rotatable bonds is 8. The van der Waals surface area contributed by atoms with E-state index in [4.69, 9.17) is 25.8 Å². The van der Waals surface area contributed by atoms with Crippen LogP contribution in [0.3, 0.4) is 0 Å². The second-order valence-corrected chi connectivity index (χ2v) is 6.84. The fraction of sp³-hybridized carbons (Fsp3) is 0.263. The molecule has 1 amide bonds. The molecular formula is C19H20ClNO5S. The molecule has 0 saturated carbocycles. The molecule has 1 N–H and O–H groups in total. The monoisotopic (exact) mass is 409 g/mol. The van der Waals surface area contributed by atoms with Crippen LogP contribution in [0.2, 0.25) is 5.02 Å². The number of carbonyl (C=O) groups excluding carboxylic acids is 2. The minimum Gasteiger partial charge on any atom is -0.493 e. The maximum atomic E-state index is 12.3. The molecule has 0 aromatic heterocycles. The highest BCUT2D eigenvalue weighted by Crippen LogP contribution is 2.34. The first-order chi connectivity index (χ1) is 13.0. The van der Waals surface area contributed by atoms with Gasteiger partial charge in [0.15, 0.2) is 11.5 Å². The molecule has 0 aliphatic rings. The maximum Gasteiger partial charge on any atom is 0.340 e. The van der Waals surface area contributed by atoms with Crippen molar-refractivity contribution in [2.45, 2.75) is 5.75 Å². The lowest BCUT2D eigenvalue weighted by Crippen LogP contribution is -2.17. The van der Waals surface area contributed by atoms with Crippen molar-refractivity contribution in [3.8, 4) is 11.5 Å². The number of hydrogen-bond donors (Lipinski definition) is 1. The molecule has 2 aromatic carbocycles. The van der Waals surface area contributed by atoms with E-state index in [9.17, 15) is 9.59 Å². The summed E-state index contributed by atoms with van der Waals surface area (Å²) in [6.45, 7) is 0. The average molecular weight is 410 g/mol. The van der Waals surface area contributed by atoms with E-state index in [1.807, 2.05) is 18.2 Å². The van der Waals surface area contributed by atoms with Gasteiger partial charge in [-0.2, -0.15) is 0 Å². The Balaban J connectivity index is 2.07. The molecule has 0 aliphatic heterocycles. The number of nitrogens with one attached hydrogen (secondary N) is 1. The molecule has 0 atom stereocenters. The Kier molecular flexibility index (Phi) is 7.82. The summed E-state index contributed by atoms with van der Waals surface area (Å²) in [5.41, 5.74) is 1.51. The minimum atomic E-state index is -0.585. The van der Waals surface area contributed by atoms with Crippen molar-refractivity contribution in [2.24, 2.45) is 0 Å². The number of benzene rings is 2. The number of thioether (sulfide) groups is 1. The number of halogens is 1. The van der Waals surface area contributed by atoms with Gasteiger partial charge in [-0.3, -0.25) is 4.79 Å². The summed E-state index contributed by atoms with van der Waals surface area (Å²) in [4.78, 5) is 24.3. The van der Waals surface area contributed by atoms with E-state index in [1.165, 1.54) is 45.2 Å². The topological polar surface area (TPSA) is 73.9 Å². The van der Waals surface area contributed by atoms with E-state index < -0.39 is 5.97 Å². The number of carbonyl (C=O) groups is 2. The van der Waals surface area contributed by atoms with Crippen LogP contribution in [0.1, 0.15) is 15.9 Å². The molecule has 0 spiro atoms. The maximum absolute atomic E-state index is 12.3. The zero-order valence-electron chi connectivity index (χ0n) is 15.2. The quantitative estimate of drug-likeness (QED) is 0.664. The Morgan fingerprint density at radius 3 is 2.41 bits per heavy atom. The molecule has 144 valence electrons. The summed E-state index contributed by atoms with van der Waals surface area (Å²) in [7, 11) is 4.21. The summed E-state index contributed by atoms with van der Waals surface area (Å²) in [6, 6.07) is 10.5. The fourth-order valence-corrected chi connectivity index (χ4v) is 3.32. The summed E-state index contributed by atoms with van der Waals surface area (Å²) >= 11 is 7.39. The summed E-state index contributed by atoms with van der Waals surface area (Å²) < 4.78 is 15.2. The number of anilines is 1.